The summed E-state index contributed by atoms with van der Waals surface area (Å²) < 4.78 is 32.4. The van der Waals surface area contributed by atoms with Crippen molar-refractivity contribution in [3.8, 4) is 5.75 Å². The van der Waals surface area contributed by atoms with Crippen molar-refractivity contribution in [2.75, 3.05) is 26.2 Å². The molecule has 1 saturated heterocycles. The van der Waals surface area contributed by atoms with E-state index >= 15 is 0 Å². The molecular formula is C18H22N2O4S2. The first-order valence-electron chi connectivity index (χ1n) is 8.54. The molecule has 1 aromatic heterocycles. The van der Waals surface area contributed by atoms with Gasteiger partial charge in [-0.25, -0.2) is 8.42 Å². The van der Waals surface area contributed by atoms with Gasteiger partial charge in [0.05, 0.1) is 6.54 Å². The van der Waals surface area contributed by atoms with Gasteiger partial charge in [0.2, 0.25) is 10.0 Å². The topological polar surface area (TPSA) is 75.7 Å². The number of carbonyl (C=O) groups excluding carboxylic acids is 1. The molecular weight excluding hydrogens is 372 g/mol. The molecule has 6 nitrogen and oxygen atoms in total. The van der Waals surface area contributed by atoms with E-state index in [2.05, 4.69) is 5.32 Å². The van der Waals surface area contributed by atoms with E-state index in [0.717, 1.165) is 35.5 Å². The largest absolute Gasteiger partial charge is 0.492 e. The monoisotopic (exact) mass is 394 g/mol. The van der Waals surface area contributed by atoms with E-state index in [0.29, 0.717) is 26.2 Å². The Kier molecular flexibility index (Phi) is 5.95. The van der Waals surface area contributed by atoms with E-state index in [1.807, 2.05) is 31.2 Å². The van der Waals surface area contributed by atoms with Gasteiger partial charge >= 0.3 is 0 Å². The average Bonchev–Trinajstić information content (AvgIpc) is 3.30. The smallest absolute Gasteiger partial charge is 0.262 e. The maximum atomic E-state index is 12.7. The highest BCUT2D eigenvalue weighted by molar-refractivity contribution is 7.89. The lowest BCUT2D eigenvalue weighted by molar-refractivity contribution is 0.0948. The van der Waals surface area contributed by atoms with Crippen LogP contribution >= 0.6 is 11.3 Å². The molecule has 140 valence electrons. The molecule has 3 rings (SSSR count). The van der Waals surface area contributed by atoms with Crippen molar-refractivity contribution in [3.05, 3.63) is 46.2 Å². The first-order valence-corrected chi connectivity index (χ1v) is 10.9. The summed E-state index contributed by atoms with van der Waals surface area (Å²) >= 11 is 1.14. The van der Waals surface area contributed by atoms with Gasteiger partial charge in [0.15, 0.2) is 0 Å². The van der Waals surface area contributed by atoms with E-state index in [-0.39, 0.29) is 15.7 Å². The lowest BCUT2D eigenvalue weighted by Crippen LogP contribution is -2.31. The molecule has 2 heterocycles. The van der Waals surface area contributed by atoms with Crippen LogP contribution in [0.2, 0.25) is 0 Å². The fraction of sp³-hybridized carbons (Fsp3) is 0.389. The first-order chi connectivity index (χ1) is 12.5. The third-order valence-corrected chi connectivity index (χ3v) is 7.15. The van der Waals surface area contributed by atoms with Crippen LogP contribution in [0.3, 0.4) is 0 Å². The molecule has 26 heavy (non-hydrogen) atoms. The molecule has 1 aliphatic rings. The Hall–Kier alpha value is -1.90. The number of nitrogens with one attached hydrogen (secondary N) is 1. The number of nitrogens with zero attached hydrogens (tertiary/aromatic N) is 1. The standard InChI is InChI=1S/C18H22N2O4S2/c1-14-5-4-6-15(13-14)24-11-8-19-18(21)17-16(7-12-25-17)26(22,23)20-9-2-3-10-20/h4-7,12-13H,2-3,8-11H2,1H3,(H,19,21). The van der Waals surface area contributed by atoms with E-state index in [1.54, 1.807) is 5.38 Å². The number of amides is 1. The minimum atomic E-state index is -3.60. The predicted molar refractivity (Wildman–Crippen MR) is 101 cm³/mol. The number of sulfonamides is 1. The van der Waals surface area contributed by atoms with Gasteiger partial charge < -0.3 is 10.1 Å². The van der Waals surface area contributed by atoms with E-state index in [1.165, 1.54) is 10.4 Å². The van der Waals surface area contributed by atoms with Gasteiger partial charge in [-0.15, -0.1) is 11.3 Å². The number of hydrogen-bond acceptors (Lipinski definition) is 5. The van der Waals surface area contributed by atoms with Crippen molar-refractivity contribution >= 4 is 27.3 Å². The highest BCUT2D eigenvalue weighted by Crippen LogP contribution is 2.27. The van der Waals surface area contributed by atoms with Crippen molar-refractivity contribution in [2.45, 2.75) is 24.7 Å². The second kappa shape index (κ2) is 8.20. The summed E-state index contributed by atoms with van der Waals surface area (Å²) in [6, 6.07) is 9.17. The maximum absolute atomic E-state index is 12.7. The normalized spacial score (nSPS) is 15.1. The number of ether oxygens (including phenoxy) is 1. The molecule has 0 unspecified atom stereocenters. The van der Waals surface area contributed by atoms with Gasteiger partial charge in [-0.1, -0.05) is 12.1 Å². The van der Waals surface area contributed by atoms with Crippen LogP contribution in [0, 0.1) is 6.92 Å². The second-order valence-corrected chi connectivity index (χ2v) is 8.97. The Morgan fingerprint density at radius 1 is 1.27 bits per heavy atom. The highest BCUT2D eigenvalue weighted by atomic mass is 32.2. The summed E-state index contributed by atoms with van der Waals surface area (Å²) in [5.74, 6) is 0.360. The Bertz CT molecular complexity index is 871. The summed E-state index contributed by atoms with van der Waals surface area (Å²) in [7, 11) is -3.60. The molecule has 1 N–H and O–H groups in total. The summed E-state index contributed by atoms with van der Waals surface area (Å²) in [6.07, 6.45) is 1.72. The summed E-state index contributed by atoms with van der Waals surface area (Å²) in [4.78, 5) is 12.7. The Labute approximate surface area is 157 Å². The number of benzene rings is 1. The van der Waals surface area contributed by atoms with Crippen molar-refractivity contribution < 1.29 is 17.9 Å². The van der Waals surface area contributed by atoms with Gasteiger partial charge in [0, 0.05) is 13.1 Å². The minimum absolute atomic E-state index is 0.0986. The number of carbonyl (C=O) groups is 1. The molecule has 0 atom stereocenters. The molecule has 0 bridgehead atoms. The molecule has 0 radical (unpaired) electrons. The summed E-state index contributed by atoms with van der Waals surface area (Å²) in [6.45, 7) is 3.63. The first kappa shape index (κ1) is 18.9. The van der Waals surface area contributed by atoms with E-state index in [4.69, 9.17) is 4.74 Å². The lowest BCUT2D eigenvalue weighted by atomic mass is 10.2. The highest BCUT2D eigenvalue weighted by Gasteiger charge is 2.31. The second-order valence-electron chi connectivity index (χ2n) is 6.15. The van der Waals surface area contributed by atoms with Crippen LogP contribution in [0.5, 0.6) is 5.75 Å². The van der Waals surface area contributed by atoms with Gasteiger partial charge in [-0.3, -0.25) is 4.79 Å². The number of rotatable bonds is 7. The van der Waals surface area contributed by atoms with Crippen molar-refractivity contribution in [1.29, 1.82) is 0 Å². The molecule has 1 amide bonds. The maximum Gasteiger partial charge on any atom is 0.262 e. The van der Waals surface area contributed by atoms with Gasteiger partial charge in [-0.05, 0) is 48.9 Å². The van der Waals surface area contributed by atoms with E-state index < -0.39 is 10.0 Å². The van der Waals surface area contributed by atoms with Crippen LogP contribution < -0.4 is 10.1 Å². The fourth-order valence-electron chi connectivity index (χ4n) is 2.85. The summed E-state index contributed by atoms with van der Waals surface area (Å²) in [5, 5.41) is 4.38. The molecule has 1 aliphatic heterocycles. The third kappa shape index (κ3) is 4.25. The minimum Gasteiger partial charge on any atom is -0.492 e. The van der Waals surface area contributed by atoms with Crippen molar-refractivity contribution in [1.82, 2.24) is 9.62 Å². The SMILES string of the molecule is Cc1cccc(OCCNC(=O)c2sccc2S(=O)(=O)N2CCCC2)c1. The third-order valence-electron chi connectivity index (χ3n) is 4.16. The zero-order chi connectivity index (χ0) is 18.6. The van der Waals surface area contributed by atoms with Crippen LogP contribution in [0.25, 0.3) is 0 Å². The van der Waals surface area contributed by atoms with Crippen LogP contribution in [-0.2, 0) is 10.0 Å². The van der Waals surface area contributed by atoms with Crippen molar-refractivity contribution in [2.24, 2.45) is 0 Å². The molecule has 1 aromatic carbocycles. The van der Waals surface area contributed by atoms with Crippen LogP contribution in [-0.4, -0.2) is 44.9 Å². The molecule has 2 aromatic rings. The Balaban J connectivity index is 1.58. The molecule has 8 heteroatoms. The number of aryl methyl sites for hydroxylation is 1. The van der Waals surface area contributed by atoms with Crippen LogP contribution in [0.1, 0.15) is 28.1 Å². The number of thiophene rings is 1. The summed E-state index contributed by atoms with van der Waals surface area (Å²) in [5.41, 5.74) is 1.10. The lowest BCUT2D eigenvalue weighted by Gasteiger charge is -2.15. The zero-order valence-electron chi connectivity index (χ0n) is 14.6. The Morgan fingerprint density at radius 2 is 2.04 bits per heavy atom. The molecule has 0 spiro atoms. The molecule has 0 aliphatic carbocycles. The zero-order valence-corrected chi connectivity index (χ0v) is 16.2. The molecule has 1 fully saturated rings. The number of hydrogen-bond donors (Lipinski definition) is 1. The van der Waals surface area contributed by atoms with Crippen LogP contribution in [0.15, 0.2) is 40.6 Å². The van der Waals surface area contributed by atoms with Gasteiger partial charge in [0.25, 0.3) is 5.91 Å². The average molecular weight is 395 g/mol. The predicted octanol–water partition coefficient (Wildman–Crippen LogP) is 2.65. The fourth-order valence-corrected chi connectivity index (χ4v) is 5.69. The van der Waals surface area contributed by atoms with E-state index in [9.17, 15) is 13.2 Å². The Morgan fingerprint density at radius 3 is 2.77 bits per heavy atom. The van der Waals surface area contributed by atoms with Gasteiger partial charge in [0.1, 0.15) is 22.1 Å². The van der Waals surface area contributed by atoms with Gasteiger partial charge in [-0.2, -0.15) is 4.31 Å². The molecule has 0 saturated carbocycles. The van der Waals surface area contributed by atoms with Crippen molar-refractivity contribution in [3.63, 3.8) is 0 Å². The van der Waals surface area contributed by atoms with Crippen LogP contribution in [0.4, 0.5) is 0 Å². The quantitative estimate of drug-likeness (QED) is 0.733.